The summed E-state index contributed by atoms with van der Waals surface area (Å²) in [5.74, 6) is 0.649. The predicted octanol–water partition coefficient (Wildman–Crippen LogP) is 4.09. The van der Waals surface area contributed by atoms with Crippen molar-refractivity contribution in [2.24, 2.45) is 0 Å². The Morgan fingerprint density at radius 3 is 2.80 bits per heavy atom. The number of nitrogens with one attached hydrogen (secondary N) is 2. The Balaban J connectivity index is 2.13. The minimum Gasteiger partial charge on any atom is -0.495 e. The monoisotopic (exact) mass is 354 g/mol. The van der Waals surface area contributed by atoms with Crippen molar-refractivity contribution >= 4 is 44.5 Å². The standard InChI is InChI=1S/C14H15BrN2O2S/c1-9(18)17-11-3-4-13(19-2)12(6-11)16-7-10-5-14(15)20-8-10/h3-6,8,16H,7H2,1-2H3,(H,17,18). The summed E-state index contributed by atoms with van der Waals surface area (Å²) in [6, 6.07) is 7.58. The van der Waals surface area contributed by atoms with Crippen LogP contribution in [0, 0.1) is 0 Å². The molecule has 0 saturated carbocycles. The van der Waals surface area contributed by atoms with E-state index >= 15 is 0 Å². The number of carbonyl (C=O) groups excluding carboxylic acids is 1. The number of anilines is 2. The molecule has 2 rings (SSSR count). The zero-order chi connectivity index (χ0) is 14.5. The Hall–Kier alpha value is -1.53. The zero-order valence-electron chi connectivity index (χ0n) is 11.2. The number of methoxy groups -OCH3 is 1. The second kappa shape index (κ2) is 6.76. The lowest BCUT2D eigenvalue weighted by Gasteiger charge is -2.12. The molecule has 0 unspecified atom stereocenters. The van der Waals surface area contributed by atoms with Gasteiger partial charge in [-0.15, -0.1) is 11.3 Å². The van der Waals surface area contributed by atoms with Gasteiger partial charge in [-0.2, -0.15) is 0 Å². The van der Waals surface area contributed by atoms with Crippen LogP contribution in [-0.4, -0.2) is 13.0 Å². The third-order valence-electron chi connectivity index (χ3n) is 2.62. The number of ether oxygens (including phenoxy) is 1. The van der Waals surface area contributed by atoms with Crippen LogP contribution >= 0.6 is 27.3 Å². The molecule has 6 heteroatoms. The summed E-state index contributed by atoms with van der Waals surface area (Å²) >= 11 is 5.09. The van der Waals surface area contributed by atoms with Gasteiger partial charge in [-0.3, -0.25) is 4.79 Å². The van der Waals surface area contributed by atoms with E-state index in [0.717, 1.165) is 20.9 Å². The van der Waals surface area contributed by atoms with Gasteiger partial charge in [0.1, 0.15) is 5.75 Å². The number of thiophene rings is 1. The molecule has 0 atom stereocenters. The minimum atomic E-state index is -0.0946. The van der Waals surface area contributed by atoms with Crippen LogP contribution in [0.2, 0.25) is 0 Å². The lowest BCUT2D eigenvalue weighted by atomic mass is 10.2. The van der Waals surface area contributed by atoms with Crippen LogP contribution in [0.1, 0.15) is 12.5 Å². The number of carbonyl (C=O) groups is 1. The molecule has 1 aromatic carbocycles. The summed E-state index contributed by atoms with van der Waals surface area (Å²) in [7, 11) is 1.62. The Kier molecular flexibility index (Phi) is 5.03. The molecule has 0 aliphatic carbocycles. The molecule has 0 bridgehead atoms. The largest absolute Gasteiger partial charge is 0.495 e. The third kappa shape index (κ3) is 3.98. The van der Waals surface area contributed by atoms with Gasteiger partial charge < -0.3 is 15.4 Å². The summed E-state index contributed by atoms with van der Waals surface area (Å²) in [5.41, 5.74) is 2.78. The van der Waals surface area contributed by atoms with Gasteiger partial charge in [0.25, 0.3) is 0 Å². The normalized spacial score (nSPS) is 10.2. The number of halogens is 1. The molecule has 0 aliphatic rings. The molecule has 4 nitrogen and oxygen atoms in total. The first-order valence-electron chi connectivity index (χ1n) is 6.01. The number of benzene rings is 1. The Morgan fingerprint density at radius 1 is 1.40 bits per heavy atom. The molecule has 20 heavy (non-hydrogen) atoms. The van der Waals surface area contributed by atoms with Gasteiger partial charge in [-0.05, 0) is 51.1 Å². The van der Waals surface area contributed by atoms with E-state index in [9.17, 15) is 4.79 Å². The highest BCUT2D eigenvalue weighted by molar-refractivity contribution is 9.11. The van der Waals surface area contributed by atoms with Gasteiger partial charge in [0.15, 0.2) is 0 Å². The SMILES string of the molecule is COc1ccc(NC(C)=O)cc1NCc1csc(Br)c1. The van der Waals surface area contributed by atoms with Gasteiger partial charge in [0.2, 0.25) is 5.91 Å². The van der Waals surface area contributed by atoms with Gasteiger partial charge in [0.05, 0.1) is 16.6 Å². The number of hydrogen-bond acceptors (Lipinski definition) is 4. The fraction of sp³-hybridized carbons (Fsp3) is 0.214. The molecule has 0 spiro atoms. The first-order valence-corrected chi connectivity index (χ1v) is 7.68. The van der Waals surface area contributed by atoms with E-state index in [1.807, 2.05) is 18.2 Å². The van der Waals surface area contributed by atoms with E-state index in [2.05, 4.69) is 38.0 Å². The topological polar surface area (TPSA) is 50.4 Å². The maximum absolute atomic E-state index is 11.1. The molecule has 0 fully saturated rings. The maximum Gasteiger partial charge on any atom is 0.221 e. The first kappa shape index (κ1) is 14.9. The van der Waals surface area contributed by atoms with Crippen LogP contribution in [0.3, 0.4) is 0 Å². The summed E-state index contributed by atoms with van der Waals surface area (Å²) in [5, 5.41) is 8.16. The van der Waals surface area contributed by atoms with Crippen LogP contribution in [0.4, 0.5) is 11.4 Å². The second-order valence-corrected chi connectivity index (χ2v) is 6.50. The second-order valence-electron chi connectivity index (χ2n) is 4.21. The molecule has 1 heterocycles. The summed E-state index contributed by atoms with van der Waals surface area (Å²) in [4.78, 5) is 11.1. The molecule has 1 amide bonds. The minimum absolute atomic E-state index is 0.0946. The summed E-state index contributed by atoms with van der Waals surface area (Å²) in [6.07, 6.45) is 0. The third-order valence-corrected chi connectivity index (χ3v) is 4.18. The van der Waals surface area contributed by atoms with Crippen LogP contribution in [0.25, 0.3) is 0 Å². The van der Waals surface area contributed by atoms with E-state index in [1.54, 1.807) is 18.4 Å². The van der Waals surface area contributed by atoms with Crippen molar-refractivity contribution in [3.63, 3.8) is 0 Å². The Morgan fingerprint density at radius 2 is 2.20 bits per heavy atom. The van der Waals surface area contributed by atoms with Crippen molar-refractivity contribution in [2.75, 3.05) is 17.7 Å². The van der Waals surface area contributed by atoms with E-state index in [4.69, 9.17) is 4.74 Å². The fourth-order valence-electron chi connectivity index (χ4n) is 1.76. The highest BCUT2D eigenvalue weighted by Crippen LogP contribution is 2.29. The molecule has 0 aliphatic heterocycles. The first-order chi connectivity index (χ1) is 9.58. The van der Waals surface area contributed by atoms with E-state index in [0.29, 0.717) is 6.54 Å². The smallest absolute Gasteiger partial charge is 0.221 e. The summed E-state index contributed by atoms with van der Waals surface area (Å²) in [6.45, 7) is 2.18. The van der Waals surface area contributed by atoms with Crippen LogP contribution in [0.5, 0.6) is 5.75 Å². The van der Waals surface area contributed by atoms with Crippen molar-refractivity contribution in [3.05, 3.63) is 39.0 Å². The number of rotatable bonds is 5. The molecule has 1 aromatic heterocycles. The van der Waals surface area contributed by atoms with Crippen LogP contribution < -0.4 is 15.4 Å². The molecular weight excluding hydrogens is 340 g/mol. The van der Waals surface area contributed by atoms with Crippen molar-refractivity contribution in [3.8, 4) is 5.75 Å². The van der Waals surface area contributed by atoms with Gasteiger partial charge in [-0.1, -0.05) is 0 Å². The highest BCUT2D eigenvalue weighted by atomic mass is 79.9. The van der Waals surface area contributed by atoms with Gasteiger partial charge in [0, 0.05) is 19.2 Å². The molecule has 0 radical (unpaired) electrons. The fourth-order valence-corrected chi connectivity index (χ4v) is 2.97. The maximum atomic E-state index is 11.1. The zero-order valence-corrected chi connectivity index (χ0v) is 13.6. The van der Waals surface area contributed by atoms with Crippen molar-refractivity contribution < 1.29 is 9.53 Å². The molecule has 106 valence electrons. The van der Waals surface area contributed by atoms with Crippen LogP contribution in [-0.2, 0) is 11.3 Å². The average Bonchev–Trinajstić information content (AvgIpc) is 2.82. The number of hydrogen-bond donors (Lipinski definition) is 2. The van der Waals surface area contributed by atoms with Crippen molar-refractivity contribution in [1.82, 2.24) is 0 Å². The quantitative estimate of drug-likeness (QED) is 0.849. The van der Waals surface area contributed by atoms with E-state index < -0.39 is 0 Å². The molecular formula is C14H15BrN2O2S. The Labute approximate surface area is 130 Å². The lowest BCUT2D eigenvalue weighted by Crippen LogP contribution is -2.07. The van der Waals surface area contributed by atoms with Crippen molar-refractivity contribution in [2.45, 2.75) is 13.5 Å². The van der Waals surface area contributed by atoms with E-state index in [1.165, 1.54) is 12.5 Å². The molecule has 0 saturated heterocycles. The van der Waals surface area contributed by atoms with E-state index in [-0.39, 0.29) is 5.91 Å². The van der Waals surface area contributed by atoms with Gasteiger partial charge in [-0.25, -0.2) is 0 Å². The highest BCUT2D eigenvalue weighted by Gasteiger charge is 2.06. The lowest BCUT2D eigenvalue weighted by molar-refractivity contribution is -0.114. The Bertz CT molecular complexity index is 613. The molecule has 2 N–H and O–H groups in total. The van der Waals surface area contributed by atoms with Gasteiger partial charge >= 0.3 is 0 Å². The summed E-state index contributed by atoms with van der Waals surface area (Å²) < 4.78 is 6.42. The number of amides is 1. The predicted molar refractivity (Wildman–Crippen MR) is 86.6 cm³/mol. The molecule has 2 aromatic rings. The van der Waals surface area contributed by atoms with Crippen LogP contribution in [0.15, 0.2) is 33.4 Å². The van der Waals surface area contributed by atoms with Crippen molar-refractivity contribution in [1.29, 1.82) is 0 Å². The average molecular weight is 355 g/mol.